The Morgan fingerprint density at radius 1 is 1.24 bits per heavy atom. The lowest BCUT2D eigenvalue weighted by atomic mass is 10.2. The minimum Gasteiger partial charge on any atom is -0.293 e. The van der Waals surface area contributed by atoms with Crippen LogP contribution in [-0.2, 0) is 6.42 Å². The fourth-order valence-corrected chi connectivity index (χ4v) is 1.92. The van der Waals surface area contributed by atoms with Crippen LogP contribution in [0.25, 0.3) is 0 Å². The van der Waals surface area contributed by atoms with Gasteiger partial charge in [0, 0.05) is 31.3 Å². The van der Waals surface area contributed by atoms with Gasteiger partial charge in [-0.2, -0.15) is 5.10 Å². The van der Waals surface area contributed by atoms with Gasteiger partial charge in [-0.1, -0.05) is 6.07 Å². The molecule has 1 aromatic carbocycles. The summed E-state index contributed by atoms with van der Waals surface area (Å²) in [6.45, 7) is 1.41. The standard InChI is InChI=1S/C15H13N5O5/c1-10(21)13-4-2-3-11(17-13)7-8-16-18-14-6-5-12(19(22)23)9-15(14)20(24)25/h2-6,8-9,18H,7H2,1H3/b16-8+. The molecule has 10 nitrogen and oxygen atoms in total. The maximum atomic E-state index is 11.3. The van der Waals surface area contributed by atoms with Gasteiger partial charge >= 0.3 is 5.69 Å². The van der Waals surface area contributed by atoms with Gasteiger partial charge in [-0.25, -0.2) is 4.98 Å². The monoisotopic (exact) mass is 343 g/mol. The third kappa shape index (κ3) is 4.64. The summed E-state index contributed by atoms with van der Waals surface area (Å²) in [5, 5.41) is 25.5. The van der Waals surface area contributed by atoms with E-state index < -0.39 is 15.5 Å². The number of Topliss-reactive ketones (excluding diaryl/α,β-unsaturated/α-hetero) is 1. The van der Waals surface area contributed by atoms with Gasteiger partial charge in [0.25, 0.3) is 5.69 Å². The number of nitro groups is 2. The Balaban J connectivity index is 2.09. The van der Waals surface area contributed by atoms with E-state index in [-0.39, 0.29) is 17.2 Å². The number of carbonyl (C=O) groups excluding carboxylic acids is 1. The van der Waals surface area contributed by atoms with Crippen LogP contribution >= 0.6 is 0 Å². The van der Waals surface area contributed by atoms with Crippen molar-refractivity contribution in [1.29, 1.82) is 0 Å². The molecule has 0 amide bonds. The zero-order valence-corrected chi connectivity index (χ0v) is 13.1. The summed E-state index contributed by atoms with van der Waals surface area (Å²) in [6, 6.07) is 8.22. The van der Waals surface area contributed by atoms with Gasteiger partial charge in [-0.05, 0) is 18.2 Å². The van der Waals surface area contributed by atoms with Crippen LogP contribution in [0.4, 0.5) is 17.1 Å². The molecule has 0 aliphatic heterocycles. The predicted octanol–water partition coefficient (Wildman–Crippen LogP) is 2.74. The van der Waals surface area contributed by atoms with Crippen molar-refractivity contribution in [3.8, 4) is 0 Å². The number of hydrazone groups is 1. The molecule has 1 heterocycles. The van der Waals surface area contributed by atoms with Crippen molar-refractivity contribution in [3.63, 3.8) is 0 Å². The Bertz CT molecular complexity index is 865. The highest BCUT2D eigenvalue weighted by Gasteiger charge is 2.18. The number of rotatable bonds is 7. The van der Waals surface area contributed by atoms with Crippen LogP contribution in [-0.4, -0.2) is 26.8 Å². The van der Waals surface area contributed by atoms with E-state index in [1.54, 1.807) is 18.2 Å². The second-order valence-electron chi connectivity index (χ2n) is 4.91. The van der Waals surface area contributed by atoms with Crippen LogP contribution in [0.3, 0.4) is 0 Å². The fraction of sp³-hybridized carbons (Fsp3) is 0.133. The van der Waals surface area contributed by atoms with E-state index in [1.165, 1.54) is 19.2 Å². The average Bonchev–Trinajstić information content (AvgIpc) is 2.58. The molecule has 2 aromatic rings. The summed E-state index contributed by atoms with van der Waals surface area (Å²) < 4.78 is 0. The molecule has 0 saturated heterocycles. The van der Waals surface area contributed by atoms with Crippen LogP contribution in [0.2, 0.25) is 0 Å². The van der Waals surface area contributed by atoms with Gasteiger partial charge in [0.15, 0.2) is 5.78 Å². The topological polar surface area (TPSA) is 141 Å². The Morgan fingerprint density at radius 3 is 2.64 bits per heavy atom. The predicted molar refractivity (Wildman–Crippen MR) is 89.8 cm³/mol. The van der Waals surface area contributed by atoms with Crippen molar-refractivity contribution < 1.29 is 14.6 Å². The molecule has 0 saturated carbocycles. The lowest BCUT2D eigenvalue weighted by Gasteiger charge is -2.02. The number of pyridine rings is 1. The van der Waals surface area contributed by atoms with E-state index in [0.29, 0.717) is 17.8 Å². The number of ketones is 1. The van der Waals surface area contributed by atoms with E-state index in [9.17, 15) is 25.0 Å². The van der Waals surface area contributed by atoms with Gasteiger partial charge in [-0.15, -0.1) is 0 Å². The maximum absolute atomic E-state index is 11.3. The zero-order valence-electron chi connectivity index (χ0n) is 13.1. The lowest BCUT2D eigenvalue weighted by Crippen LogP contribution is -2.01. The summed E-state index contributed by atoms with van der Waals surface area (Å²) in [7, 11) is 0. The van der Waals surface area contributed by atoms with Crippen molar-refractivity contribution in [3.05, 3.63) is 68.0 Å². The highest BCUT2D eigenvalue weighted by Crippen LogP contribution is 2.28. The minimum atomic E-state index is -0.733. The molecule has 0 bridgehead atoms. The SMILES string of the molecule is CC(=O)c1cccc(C/C=N/Nc2ccc([N+](=O)[O-])cc2[N+](=O)[O-])n1. The summed E-state index contributed by atoms with van der Waals surface area (Å²) in [4.78, 5) is 35.6. The molecule has 0 atom stereocenters. The number of hydrogen-bond donors (Lipinski definition) is 1. The smallest absolute Gasteiger partial charge is 0.293 e. The van der Waals surface area contributed by atoms with Gasteiger partial charge < -0.3 is 0 Å². The molecule has 0 fully saturated rings. The molecule has 128 valence electrons. The van der Waals surface area contributed by atoms with Crippen LogP contribution < -0.4 is 5.43 Å². The van der Waals surface area contributed by atoms with Crippen molar-refractivity contribution in [2.75, 3.05) is 5.43 Å². The lowest BCUT2D eigenvalue weighted by molar-refractivity contribution is -0.393. The number of nitrogens with one attached hydrogen (secondary N) is 1. The summed E-state index contributed by atoms with van der Waals surface area (Å²) in [6.07, 6.45) is 1.73. The third-order valence-electron chi connectivity index (χ3n) is 3.13. The molecule has 0 aliphatic rings. The van der Waals surface area contributed by atoms with E-state index in [4.69, 9.17) is 0 Å². The van der Waals surface area contributed by atoms with Gasteiger partial charge in [-0.3, -0.25) is 30.4 Å². The molecule has 0 spiro atoms. The summed E-state index contributed by atoms with van der Waals surface area (Å²) in [5.41, 5.74) is 2.61. The van der Waals surface area contributed by atoms with Crippen LogP contribution in [0.1, 0.15) is 23.1 Å². The fourth-order valence-electron chi connectivity index (χ4n) is 1.92. The van der Waals surface area contributed by atoms with Crippen LogP contribution in [0.5, 0.6) is 0 Å². The number of aromatic nitrogens is 1. The summed E-state index contributed by atoms with van der Waals surface area (Å²) in [5.74, 6) is -0.154. The first-order chi connectivity index (χ1) is 11.9. The Kier molecular flexibility index (Phi) is 5.46. The number of nitro benzene ring substituents is 2. The van der Waals surface area contributed by atoms with Gasteiger partial charge in [0.2, 0.25) is 0 Å². The average molecular weight is 343 g/mol. The molecule has 1 aromatic heterocycles. The Morgan fingerprint density at radius 2 is 2.00 bits per heavy atom. The Hall–Kier alpha value is -3.69. The quantitative estimate of drug-likeness (QED) is 0.352. The molecule has 2 rings (SSSR count). The molecule has 0 unspecified atom stereocenters. The highest BCUT2D eigenvalue weighted by atomic mass is 16.6. The van der Waals surface area contributed by atoms with Gasteiger partial charge in [0.05, 0.1) is 15.9 Å². The molecule has 0 radical (unpaired) electrons. The van der Waals surface area contributed by atoms with Crippen LogP contribution in [0.15, 0.2) is 41.5 Å². The van der Waals surface area contributed by atoms with Crippen molar-refractivity contribution in [1.82, 2.24) is 4.98 Å². The largest absolute Gasteiger partial charge is 0.301 e. The molecular weight excluding hydrogens is 330 g/mol. The minimum absolute atomic E-state index is 0.0253. The third-order valence-corrected chi connectivity index (χ3v) is 3.13. The Labute approximate surface area is 141 Å². The number of hydrogen-bond acceptors (Lipinski definition) is 8. The maximum Gasteiger partial charge on any atom is 0.301 e. The van der Waals surface area contributed by atoms with Crippen LogP contribution in [0, 0.1) is 20.2 Å². The molecule has 0 aliphatic carbocycles. The number of non-ortho nitro benzene ring substituents is 1. The summed E-state index contributed by atoms with van der Waals surface area (Å²) >= 11 is 0. The molecule has 1 N–H and O–H groups in total. The number of nitrogens with zero attached hydrogens (tertiary/aromatic N) is 4. The van der Waals surface area contributed by atoms with Crippen molar-refractivity contribution in [2.24, 2.45) is 5.10 Å². The first-order valence-electron chi connectivity index (χ1n) is 7.05. The van der Waals surface area contributed by atoms with E-state index in [2.05, 4.69) is 15.5 Å². The first-order valence-corrected chi connectivity index (χ1v) is 7.05. The van der Waals surface area contributed by atoms with E-state index >= 15 is 0 Å². The van der Waals surface area contributed by atoms with E-state index in [1.807, 2.05) is 0 Å². The highest BCUT2D eigenvalue weighted by molar-refractivity contribution is 5.92. The normalized spacial score (nSPS) is 10.6. The molecule has 10 heteroatoms. The van der Waals surface area contributed by atoms with E-state index in [0.717, 1.165) is 12.1 Å². The molecule has 25 heavy (non-hydrogen) atoms. The second-order valence-corrected chi connectivity index (χ2v) is 4.91. The zero-order chi connectivity index (χ0) is 18.4. The van der Waals surface area contributed by atoms with Crippen molar-refractivity contribution in [2.45, 2.75) is 13.3 Å². The first kappa shape index (κ1) is 17.7. The number of benzene rings is 1. The van der Waals surface area contributed by atoms with Crippen molar-refractivity contribution >= 4 is 29.1 Å². The number of anilines is 1. The number of carbonyl (C=O) groups is 1. The van der Waals surface area contributed by atoms with Gasteiger partial charge in [0.1, 0.15) is 11.4 Å². The second kappa shape index (κ2) is 7.73. The molecular formula is C15H13N5O5.